The molecule has 3 aliphatic carbocycles. The minimum atomic E-state index is -0.00180. The van der Waals surface area contributed by atoms with Crippen LogP contribution in [0.5, 0.6) is 0 Å². The highest BCUT2D eigenvalue weighted by Gasteiger charge is 2.42. The molecule has 0 saturated heterocycles. The highest BCUT2D eigenvalue weighted by Crippen LogP contribution is 2.52. The lowest BCUT2D eigenvalue weighted by molar-refractivity contribution is 0.180. The van der Waals surface area contributed by atoms with Crippen LogP contribution in [0.15, 0.2) is 157 Å². The van der Waals surface area contributed by atoms with Crippen LogP contribution >= 0.6 is 11.3 Å². The number of hydrogen-bond acceptors (Lipinski definition) is 3. The SMILES string of the molecule is C=C(NC1C=CC=CC1c1ccc2c(ccc3sc4ccccc4c32)c1-c1ccccc1N)C1=CC=CC(C)(C2(C)C=CC=CC2)C1. The topological polar surface area (TPSA) is 38.0 Å². The van der Waals surface area contributed by atoms with Crippen LogP contribution < -0.4 is 11.1 Å². The van der Waals surface area contributed by atoms with Crippen LogP contribution in [-0.4, -0.2) is 6.04 Å². The lowest BCUT2D eigenvalue weighted by atomic mass is 9.59. The predicted octanol–water partition coefficient (Wildman–Crippen LogP) is 11.6. The molecule has 0 amide bonds. The van der Waals surface area contributed by atoms with Gasteiger partial charge >= 0.3 is 0 Å². The standard InChI is InChI=1S/C44H40N2S/c1-29(30-14-13-27-44(3,28-30)43(2)25-11-4-12-26-43)46-38-19-9-6-15-31(38)32-21-22-34-33(41(32)35-16-5-8-18-37(35)45)23-24-40-42(34)36-17-7-10-20-39(36)47-40/h4-25,27,31,38,46H,1,26,28,45H2,2-3H3. The third kappa shape index (κ3) is 4.92. The average Bonchev–Trinajstić information content (AvgIpc) is 3.48. The van der Waals surface area contributed by atoms with Crippen molar-refractivity contribution in [1.82, 2.24) is 5.32 Å². The maximum atomic E-state index is 6.75. The van der Waals surface area contributed by atoms with Gasteiger partial charge in [-0.1, -0.05) is 142 Å². The monoisotopic (exact) mass is 628 g/mol. The minimum Gasteiger partial charge on any atom is -0.398 e. The van der Waals surface area contributed by atoms with Crippen molar-refractivity contribution >= 4 is 48.0 Å². The largest absolute Gasteiger partial charge is 0.398 e. The van der Waals surface area contributed by atoms with Crippen LogP contribution in [0.1, 0.15) is 38.2 Å². The van der Waals surface area contributed by atoms with E-state index in [-0.39, 0.29) is 22.8 Å². The van der Waals surface area contributed by atoms with Crippen LogP contribution in [0, 0.1) is 10.8 Å². The number of anilines is 1. The van der Waals surface area contributed by atoms with Gasteiger partial charge in [0.05, 0.1) is 6.04 Å². The first-order valence-corrected chi connectivity index (χ1v) is 17.4. The maximum absolute atomic E-state index is 6.75. The van der Waals surface area contributed by atoms with E-state index in [1.54, 1.807) is 0 Å². The molecule has 5 aromatic rings. The summed E-state index contributed by atoms with van der Waals surface area (Å²) in [4.78, 5) is 0. The van der Waals surface area contributed by atoms with Gasteiger partial charge in [0, 0.05) is 43.0 Å². The predicted molar refractivity (Wildman–Crippen MR) is 205 cm³/mol. The third-order valence-electron chi connectivity index (χ3n) is 10.9. The Morgan fingerprint density at radius 1 is 0.787 bits per heavy atom. The number of nitrogens with two attached hydrogens (primary N) is 1. The molecule has 4 aromatic carbocycles. The second-order valence-corrected chi connectivity index (χ2v) is 14.8. The van der Waals surface area contributed by atoms with E-state index in [1.165, 1.54) is 47.6 Å². The van der Waals surface area contributed by atoms with Gasteiger partial charge in [-0.2, -0.15) is 0 Å². The van der Waals surface area contributed by atoms with Crippen LogP contribution in [0.25, 0.3) is 42.1 Å². The molecule has 8 rings (SSSR count). The van der Waals surface area contributed by atoms with Gasteiger partial charge in [0.25, 0.3) is 0 Å². The van der Waals surface area contributed by atoms with E-state index in [2.05, 4.69) is 153 Å². The van der Waals surface area contributed by atoms with Crippen molar-refractivity contribution in [2.75, 3.05) is 5.73 Å². The zero-order valence-electron chi connectivity index (χ0n) is 27.0. The Labute approximate surface area is 281 Å². The summed E-state index contributed by atoms with van der Waals surface area (Å²) in [6.07, 6.45) is 26.8. The zero-order chi connectivity index (χ0) is 32.2. The quantitative estimate of drug-likeness (QED) is 0.184. The Bertz CT molecular complexity index is 2260. The number of nitrogens with one attached hydrogen (secondary N) is 1. The number of hydrogen-bond donors (Lipinski definition) is 2. The van der Waals surface area contributed by atoms with Gasteiger partial charge in [-0.15, -0.1) is 11.3 Å². The van der Waals surface area contributed by atoms with Crippen LogP contribution in [-0.2, 0) is 0 Å². The molecule has 3 N–H and O–H groups in total. The van der Waals surface area contributed by atoms with Gasteiger partial charge in [-0.3, -0.25) is 0 Å². The minimum absolute atomic E-state index is 0.00180. The van der Waals surface area contributed by atoms with Crippen LogP contribution in [0.4, 0.5) is 5.69 Å². The highest BCUT2D eigenvalue weighted by atomic mass is 32.1. The highest BCUT2D eigenvalue weighted by molar-refractivity contribution is 7.26. The Hall–Kier alpha value is -4.86. The van der Waals surface area contributed by atoms with Crippen LogP contribution in [0.3, 0.4) is 0 Å². The van der Waals surface area contributed by atoms with Crippen molar-refractivity contribution in [2.45, 2.75) is 38.6 Å². The molecule has 232 valence electrons. The molecule has 1 heterocycles. The number of para-hydroxylation sites is 1. The molecule has 1 aromatic heterocycles. The molecule has 47 heavy (non-hydrogen) atoms. The van der Waals surface area contributed by atoms with Gasteiger partial charge in [-0.25, -0.2) is 0 Å². The summed E-state index contributed by atoms with van der Waals surface area (Å²) in [5.74, 6) is 0.0840. The van der Waals surface area contributed by atoms with Crippen molar-refractivity contribution in [2.24, 2.45) is 10.8 Å². The number of allylic oxidation sites excluding steroid dienone is 10. The van der Waals surface area contributed by atoms with Gasteiger partial charge in [0.15, 0.2) is 0 Å². The molecule has 0 aliphatic heterocycles. The van der Waals surface area contributed by atoms with Crippen LogP contribution in [0.2, 0.25) is 0 Å². The second-order valence-electron chi connectivity index (χ2n) is 13.7. The normalized spacial score (nSPS) is 25.1. The average molecular weight is 629 g/mol. The summed E-state index contributed by atoms with van der Waals surface area (Å²) in [7, 11) is 0. The summed E-state index contributed by atoms with van der Waals surface area (Å²) >= 11 is 1.86. The molecule has 2 nitrogen and oxygen atoms in total. The first-order valence-electron chi connectivity index (χ1n) is 16.6. The van der Waals surface area contributed by atoms with E-state index >= 15 is 0 Å². The smallest absolute Gasteiger partial charge is 0.0551 e. The fraction of sp³-hybridized carbons (Fsp3) is 0.182. The van der Waals surface area contributed by atoms with Gasteiger partial charge < -0.3 is 11.1 Å². The van der Waals surface area contributed by atoms with E-state index in [0.29, 0.717) is 0 Å². The van der Waals surface area contributed by atoms with E-state index in [4.69, 9.17) is 5.73 Å². The Balaban J connectivity index is 1.20. The van der Waals surface area contributed by atoms with Crippen molar-refractivity contribution in [3.05, 3.63) is 163 Å². The van der Waals surface area contributed by atoms with Gasteiger partial charge in [0.1, 0.15) is 0 Å². The van der Waals surface area contributed by atoms with Gasteiger partial charge in [-0.05, 0) is 69.3 Å². The summed E-state index contributed by atoms with van der Waals surface area (Å²) < 4.78 is 2.63. The molecular formula is C44H40N2S. The van der Waals surface area contributed by atoms with E-state index in [0.717, 1.165) is 29.8 Å². The molecular weight excluding hydrogens is 589 g/mol. The number of thiophene rings is 1. The maximum Gasteiger partial charge on any atom is 0.0551 e. The lowest BCUT2D eigenvalue weighted by Gasteiger charge is -2.46. The number of rotatable bonds is 6. The molecule has 0 radical (unpaired) electrons. The van der Waals surface area contributed by atoms with E-state index in [9.17, 15) is 0 Å². The molecule has 4 unspecified atom stereocenters. The number of benzene rings is 4. The summed E-state index contributed by atoms with van der Waals surface area (Å²) in [5, 5.41) is 9.02. The third-order valence-corrected chi connectivity index (χ3v) is 12.0. The molecule has 3 aliphatic rings. The first-order chi connectivity index (χ1) is 22.9. The van der Waals surface area contributed by atoms with Gasteiger partial charge in [0.2, 0.25) is 0 Å². The zero-order valence-corrected chi connectivity index (χ0v) is 27.9. The fourth-order valence-electron chi connectivity index (χ4n) is 7.93. The Morgan fingerprint density at radius 2 is 1.57 bits per heavy atom. The lowest BCUT2D eigenvalue weighted by Crippen LogP contribution is -2.38. The Morgan fingerprint density at radius 3 is 2.43 bits per heavy atom. The van der Waals surface area contributed by atoms with E-state index < -0.39 is 0 Å². The molecule has 0 saturated carbocycles. The van der Waals surface area contributed by atoms with Crippen molar-refractivity contribution in [1.29, 1.82) is 0 Å². The fourth-order valence-corrected chi connectivity index (χ4v) is 9.05. The number of fused-ring (bicyclic) bond motifs is 5. The molecule has 0 bridgehead atoms. The summed E-state index contributed by atoms with van der Waals surface area (Å²) in [5.41, 5.74) is 13.4. The van der Waals surface area contributed by atoms with Crippen molar-refractivity contribution in [3.63, 3.8) is 0 Å². The first kappa shape index (κ1) is 29.5. The Kier molecular flexibility index (Phi) is 7.19. The molecule has 0 spiro atoms. The summed E-state index contributed by atoms with van der Waals surface area (Å²) in [6.45, 7) is 9.38. The number of nitrogen functional groups attached to an aromatic ring is 1. The molecule has 0 fully saturated rings. The molecule has 4 atom stereocenters. The van der Waals surface area contributed by atoms with E-state index in [1.807, 2.05) is 23.5 Å². The molecule has 3 heteroatoms. The second kappa shape index (κ2) is 11.4. The van der Waals surface area contributed by atoms with Crippen molar-refractivity contribution < 1.29 is 0 Å². The summed E-state index contributed by atoms with van der Waals surface area (Å²) in [6, 6.07) is 26.3. The van der Waals surface area contributed by atoms with Crippen molar-refractivity contribution in [3.8, 4) is 11.1 Å².